The maximum atomic E-state index is 11.9. The number of carbonyl (C=O) groups excluding carboxylic acids is 1. The van der Waals surface area contributed by atoms with Crippen LogP contribution in [0.1, 0.15) is 24.5 Å². The van der Waals surface area contributed by atoms with Gasteiger partial charge >= 0.3 is 5.63 Å². The van der Waals surface area contributed by atoms with E-state index in [2.05, 4.69) is 12.2 Å². The molecule has 0 fully saturated rings. The van der Waals surface area contributed by atoms with E-state index in [-0.39, 0.29) is 18.1 Å². The molecule has 26 heavy (non-hydrogen) atoms. The SMILES string of the molecule is CCCc1cc(=O)oc2cc(OCC(=O)NCc3ccccc3)ccc12. The average Bonchev–Trinajstić information content (AvgIpc) is 2.65. The van der Waals surface area contributed by atoms with Crippen molar-refractivity contribution in [3.63, 3.8) is 0 Å². The van der Waals surface area contributed by atoms with Gasteiger partial charge in [0.1, 0.15) is 11.3 Å². The molecule has 0 aliphatic heterocycles. The van der Waals surface area contributed by atoms with Gasteiger partial charge in [-0.3, -0.25) is 4.79 Å². The molecule has 3 rings (SSSR count). The van der Waals surface area contributed by atoms with Crippen LogP contribution in [0.15, 0.2) is 63.8 Å². The molecule has 5 heteroatoms. The normalized spacial score (nSPS) is 10.7. The van der Waals surface area contributed by atoms with Crippen molar-refractivity contribution >= 4 is 16.9 Å². The average molecular weight is 351 g/mol. The minimum Gasteiger partial charge on any atom is -0.484 e. The Morgan fingerprint density at radius 3 is 2.69 bits per heavy atom. The zero-order valence-electron chi connectivity index (χ0n) is 14.7. The number of aryl methyl sites for hydroxylation is 1. The first-order chi connectivity index (χ1) is 12.7. The monoisotopic (exact) mass is 351 g/mol. The highest BCUT2D eigenvalue weighted by molar-refractivity contribution is 5.82. The molecular weight excluding hydrogens is 330 g/mol. The summed E-state index contributed by atoms with van der Waals surface area (Å²) in [5.74, 6) is 0.277. The predicted molar refractivity (Wildman–Crippen MR) is 100 cm³/mol. The molecule has 5 nitrogen and oxygen atoms in total. The molecule has 0 aliphatic rings. The van der Waals surface area contributed by atoms with Crippen molar-refractivity contribution in [2.24, 2.45) is 0 Å². The summed E-state index contributed by atoms with van der Waals surface area (Å²) < 4.78 is 10.8. The van der Waals surface area contributed by atoms with Crippen molar-refractivity contribution in [2.75, 3.05) is 6.61 Å². The fourth-order valence-corrected chi connectivity index (χ4v) is 2.77. The number of hydrogen-bond acceptors (Lipinski definition) is 4. The van der Waals surface area contributed by atoms with Gasteiger partial charge in [-0.05, 0) is 29.7 Å². The third kappa shape index (κ3) is 4.51. The van der Waals surface area contributed by atoms with Crippen LogP contribution in [0.4, 0.5) is 0 Å². The Hall–Kier alpha value is -3.08. The van der Waals surface area contributed by atoms with Crippen LogP contribution >= 0.6 is 0 Å². The molecule has 134 valence electrons. The summed E-state index contributed by atoms with van der Waals surface area (Å²) in [6.07, 6.45) is 1.75. The van der Waals surface area contributed by atoms with Gasteiger partial charge in [-0.25, -0.2) is 4.79 Å². The van der Waals surface area contributed by atoms with Crippen molar-refractivity contribution in [1.29, 1.82) is 0 Å². The molecule has 0 bridgehead atoms. The summed E-state index contributed by atoms with van der Waals surface area (Å²) in [5, 5.41) is 3.70. The van der Waals surface area contributed by atoms with Crippen LogP contribution in [0.3, 0.4) is 0 Å². The maximum Gasteiger partial charge on any atom is 0.336 e. The van der Waals surface area contributed by atoms with E-state index < -0.39 is 0 Å². The Kier molecular flexibility index (Phi) is 5.69. The minimum absolute atomic E-state index is 0.1000. The van der Waals surface area contributed by atoms with Crippen molar-refractivity contribution < 1.29 is 13.9 Å². The maximum absolute atomic E-state index is 11.9. The second-order valence-electron chi connectivity index (χ2n) is 6.05. The van der Waals surface area contributed by atoms with Crippen molar-refractivity contribution in [2.45, 2.75) is 26.3 Å². The van der Waals surface area contributed by atoms with Crippen molar-refractivity contribution in [3.8, 4) is 5.75 Å². The first-order valence-corrected chi connectivity index (χ1v) is 8.66. The third-order valence-electron chi connectivity index (χ3n) is 4.02. The molecule has 0 saturated carbocycles. The van der Waals surface area contributed by atoms with Crippen LogP contribution in [0, 0.1) is 0 Å². The summed E-state index contributed by atoms with van der Waals surface area (Å²) in [7, 11) is 0. The number of hydrogen-bond donors (Lipinski definition) is 1. The number of carbonyl (C=O) groups is 1. The fraction of sp³-hybridized carbons (Fsp3) is 0.238. The molecular formula is C21H21NO4. The third-order valence-corrected chi connectivity index (χ3v) is 4.02. The summed E-state index contributed by atoms with van der Waals surface area (Å²) in [4.78, 5) is 23.6. The summed E-state index contributed by atoms with van der Waals surface area (Å²) in [6.45, 7) is 2.42. The predicted octanol–water partition coefficient (Wildman–Crippen LogP) is 3.44. The van der Waals surface area contributed by atoms with Gasteiger partial charge in [0.05, 0.1) is 0 Å². The Balaban J connectivity index is 1.63. The van der Waals surface area contributed by atoms with Crippen molar-refractivity contribution in [1.82, 2.24) is 5.32 Å². The highest BCUT2D eigenvalue weighted by atomic mass is 16.5. The second-order valence-corrected chi connectivity index (χ2v) is 6.05. The van der Waals surface area contributed by atoms with E-state index in [9.17, 15) is 9.59 Å². The summed E-state index contributed by atoms with van der Waals surface area (Å²) >= 11 is 0. The lowest BCUT2D eigenvalue weighted by molar-refractivity contribution is -0.123. The van der Waals surface area contributed by atoms with E-state index >= 15 is 0 Å². The van der Waals surface area contributed by atoms with Gasteiger partial charge in [0, 0.05) is 24.1 Å². The van der Waals surface area contributed by atoms with E-state index in [4.69, 9.17) is 9.15 Å². The van der Waals surface area contributed by atoms with E-state index in [1.165, 1.54) is 6.07 Å². The standard InChI is InChI=1S/C21H21NO4/c1-2-6-16-11-21(24)26-19-12-17(9-10-18(16)19)25-14-20(23)22-13-15-7-4-3-5-8-15/h3-5,7-12H,2,6,13-14H2,1H3,(H,22,23). The van der Waals surface area contributed by atoms with Gasteiger partial charge in [-0.2, -0.15) is 0 Å². The molecule has 0 radical (unpaired) electrons. The Morgan fingerprint density at radius 1 is 1.12 bits per heavy atom. The lowest BCUT2D eigenvalue weighted by Crippen LogP contribution is -2.28. The molecule has 3 aromatic rings. The van der Waals surface area contributed by atoms with Crippen LogP contribution in [-0.4, -0.2) is 12.5 Å². The highest BCUT2D eigenvalue weighted by Crippen LogP contribution is 2.23. The van der Waals surface area contributed by atoms with Crippen LogP contribution in [0.25, 0.3) is 11.0 Å². The number of ether oxygens (including phenoxy) is 1. The Morgan fingerprint density at radius 2 is 1.92 bits per heavy atom. The van der Waals surface area contributed by atoms with Crippen LogP contribution in [0.5, 0.6) is 5.75 Å². The quantitative estimate of drug-likeness (QED) is 0.662. The van der Waals surface area contributed by atoms with Crippen LogP contribution < -0.4 is 15.7 Å². The molecule has 0 saturated heterocycles. The second kappa shape index (κ2) is 8.34. The fourth-order valence-electron chi connectivity index (χ4n) is 2.77. The molecule has 1 amide bonds. The molecule has 1 heterocycles. The largest absolute Gasteiger partial charge is 0.484 e. The molecule has 0 atom stereocenters. The zero-order chi connectivity index (χ0) is 18.4. The van der Waals surface area contributed by atoms with Gasteiger partial charge in [-0.15, -0.1) is 0 Å². The number of fused-ring (bicyclic) bond motifs is 1. The zero-order valence-corrected chi connectivity index (χ0v) is 14.7. The van der Waals surface area contributed by atoms with Gasteiger partial charge < -0.3 is 14.5 Å². The summed E-state index contributed by atoms with van der Waals surface area (Å²) in [6, 6.07) is 16.5. The minimum atomic E-state index is -0.376. The molecule has 1 aromatic heterocycles. The number of rotatable bonds is 7. The first-order valence-electron chi connectivity index (χ1n) is 8.66. The lowest BCUT2D eigenvalue weighted by atomic mass is 10.1. The van der Waals surface area contributed by atoms with E-state index in [0.29, 0.717) is 17.9 Å². The molecule has 0 aliphatic carbocycles. The molecule has 1 N–H and O–H groups in total. The topological polar surface area (TPSA) is 68.5 Å². The number of amides is 1. The molecule has 2 aromatic carbocycles. The number of nitrogens with one attached hydrogen (secondary N) is 1. The first kappa shape index (κ1) is 17.7. The van der Waals surface area contributed by atoms with Gasteiger partial charge in [-0.1, -0.05) is 43.7 Å². The highest BCUT2D eigenvalue weighted by Gasteiger charge is 2.08. The lowest BCUT2D eigenvalue weighted by Gasteiger charge is -2.09. The summed E-state index contributed by atoms with van der Waals surface area (Å²) in [5.41, 5.74) is 2.09. The van der Waals surface area contributed by atoms with E-state index in [0.717, 1.165) is 29.4 Å². The van der Waals surface area contributed by atoms with Gasteiger partial charge in [0.25, 0.3) is 5.91 Å². The van der Waals surface area contributed by atoms with E-state index in [1.807, 2.05) is 36.4 Å². The van der Waals surface area contributed by atoms with E-state index in [1.54, 1.807) is 12.1 Å². The molecule has 0 spiro atoms. The van der Waals surface area contributed by atoms with Crippen LogP contribution in [0.2, 0.25) is 0 Å². The molecule has 0 unspecified atom stereocenters. The Bertz CT molecular complexity index is 947. The smallest absolute Gasteiger partial charge is 0.336 e. The van der Waals surface area contributed by atoms with Gasteiger partial charge in [0.15, 0.2) is 6.61 Å². The Labute approximate surface area is 151 Å². The van der Waals surface area contributed by atoms with Crippen LogP contribution in [-0.2, 0) is 17.8 Å². The van der Waals surface area contributed by atoms with Crippen molar-refractivity contribution in [3.05, 3.63) is 76.1 Å². The van der Waals surface area contributed by atoms with Gasteiger partial charge in [0.2, 0.25) is 0 Å². The number of benzene rings is 2.